The van der Waals surface area contributed by atoms with E-state index in [2.05, 4.69) is 5.10 Å². The van der Waals surface area contributed by atoms with Gasteiger partial charge >= 0.3 is 0 Å². The molecule has 0 aromatic carbocycles. The minimum atomic E-state index is -0.305. The predicted octanol–water partition coefficient (Wildman–Crippen LogP) is 0.622. The maximum Gasteiger partial charge on any atom is 0.289 e. The Morgan fingerprint density at radius 2 is 2.36 bits per heavy atom. The lowest BCUT2D eigenvalue weighted by Crippen LogP contribution is -2.22. The highest BCUT2D eigenvalue weighted by atomic mass is 16.3. The molecule has 2 heterocycles. The second-order valence-electron chi connectivity index (χ2n) is 2.89. The van der Waals surface area contributed by atoms with Gasteiger partial charge in [-0.3, -0.25) is 4.79 Å². The summed E-state index contributed by atoms with van der Waals surface area (Å²) >= 11 is 0. The number of aromatic nitrogens is 2. The van der Waals surface area contributed by atoms with E-state index in [0.29, 0.717) is 11.5 Å². The molecule has 0 amide bonds. The Bertz CT molecular complexity index is 473. The molecule has 72 valence electrons. The third kappa shape index (κ3) is 1.28. The first-order valence-corrected chi connectivity index (χ1v) is 4.06. The van der Waals surface area contributed by atoms with E-state index in [0.717, 1.165) is 0 Å². The van der Waals surface area contributed by atoms with Crippen LogP contribution in [0, 0.1) is 0 Å². The van der Waals surface area contributed by atoms with E-state index in [1.54, 1.807) is 19.2 Å². The molecule has 2 N–H and O–H groups in total. The molecule has 0 aliphatic rings. The number of nitrogens with zero attached hydrogens (tertiary/aromatic N) is 2. The number of nitrogens with two attached hydrogens (primary N) is 1. The molecule has 2 aromatic rings. The molecule has 2 aromatic heterocycles. The monoisotopic (exact) mass is 191 g/mol. The van der Waals surface area contributed by atoms with Gasteiger partial charge in [0.15, 0.2) is 5.76 Å². The van der Waals surface area contributed by atoms with Gasteiger partial charge in [0, 0.05) is 7.05 Å². The summed E-state index contributed by atoms with van der Waals surface area (Å²) in [7, 11) is 1.55. The third-order valence-corrected chi connectivity index (χ3v) is 1.86. The van der Waals surface area contributed by atoms with Crippen LogP contribution < -0.4 is 11.3 Å². The predicted molar refractivity (Wildman–Crippen MR) is 51.6 cm³/mol. The van der Waals surface area contributed by atoms with Gasteiger partial charge in [0.1, 0.15) is 11.4 Å². The van der Waals surface area contributed by atoms with Crippen LogP contribution in [-0.4, -0.2) is 9.78 Å². The molecule has 0 bridgehead atoms. The van der Waals surface area contributed by atoms with Crippen LogP contribution in [0.3, 0.4) is 0 Å². The molecule has 0 radical (unpaired) electrons. The molecule has 0 aliphatic carbocycles. The van der Waals surface area contributed by atoms with Gasteiger partial charge in [0.2, 0.25) is 0 Å². The largest absolute Gasteiger partial charge is 0.463 e. The lowest BCUT2D eigenvalue weighted by molar-refractivity contribution is 0.574. The molecule has 0 atom stereocenters. The smallest absolute Gasteiger partial charge is 0.289 e. The fourth-order valence-electron chi connectivity index (χ4n) is 1.18. The lowest BCUT2D eigenvalue weighted by Gasteiger charge is -2.01. The molecule has 0 aliphatic heterocycles. The zero-order valence-corrected chi connectivity index (χ0v) is 7.60. The maximum absolute atomic E-state index is 11.2. The Labute approximate surface area is 79.8 Å². The molecule has 0 saturated heterocycles. The summed E-state index contributed by atoms with van der Waals surface area (Å²) in [5.74, 6) is 0.590. The van der Waals surface area contributed by atoms with Gasteiger partial charge in [-0.1, -0.05) is 0 Å². The average molecular weight is 191 g/mol. The Morgan fingerprint density at radius 1 is 1.57 bits per heavy atom. The first-order valence-electron chi connectivity index (χ1n) is 4.06. The van der Waals surface area contributed by atoms with Gasteiger partial charge in [0.05, 0.1) is 6.26 Å². The molecule has 5 nitrogen and oxygen atoms in total. The Morgan fingerprint density at radius 3 is 2.93 bits per heavy atom. The van der Waals surface area contributed by atoms with E-state index in [-0.39, 0.29) is 11.2 Å². The lowest BCUT2D eigenvalue weighted by atomic mass is 10.3. The minimum Gasteiger partial charge on any atom is -0.463 e. The molecule has 14 heavy (non-hydrogen) atoms. The standard InChI is InChI=1S/C9H9N3O2/c1-12-9(13)6(10)5-7(11-12)8-3-2-4-14-8/h2-5H,10H2,1H3. The second-order valence-corrected chi connectivity index (χ2v) is 2.89. The van der Waals surface area contributed by atoms with Gasteiger partial charge in [-0.15, -0.1) is 0 Å². The molecule has 0 spiro atoms. The van der Waals surface area contributed by atoms with Crippen LogP contribution in [0.25, 0.3) is 11.5 Å². The van der Waals surface area contributed by atoms with Crippen LogP contribution in [0.5, 0.6) is 0 Å². The maximum atomic E-state index is 11.2. The summed E-state index contributed by atoms with van der Waals surface area (Å²) in [6, 6.07) is 5.01. The molecular formula is C9H9N3O2. The van der Waals surface area contributed by atoms with Gasteiger partial charge in [0.25, 0.3) is 5.56 Å². The number of anilines is 1. The van der Waals surface area contributed by atoms with Crippen molar-refractivity contribution in [3.05, 3.63) is 34.8 Å². The summed E-state index contributed by atoms with van der Waals surface area (Å²) in [5, 5.41) is 4.01. The zero-order valence-electron chi connectivity index (χ0n) is 7.60. The fourth-order valence-corrected chi connectivity index (χ4v) is 1.18. The molecule has 5 heteroatoms. The van der Waals surface area contributed by atoms with Crippen molar-refractivity contribution < 1.29 is 4.42 Å². The number of rotatable bonds is 1. The van der Waals surface area contributed by atoms with E-state index in [1.807, 2.05) is 0 Å². The number of hydrogen-bond donors (Lipinski definition) is 1. The first kappa shape index (κ1) is 8.55. The van der Waals surface area contributed by atoms with Crippen molar-refractivity contribution >= 4 is 5.69 Å². The SMILES string of the molecule is Cn1nc(-c2ccco2)cc(N)c1=O. The zero-order chi connectivity index (χ0) is 10.1. The van der Waals surface area contributed by atoms with Crippen LogP contribution in [0.1, 0.15) is 0 Å². The van der Waals surface area contributed by atoms with Crippen molar-refractivity contribution in [2.75, 3.05) is 5.73 Å². The average Bonchev–Trinajstić information content (AvgIpc) is 2.66. The van der Waals surface area contributed by atoms with E-state index < -0.39 is 0 Å². The van der Waals surface area contributed by atoms with Crippen molar-refractivity contribution in [1.82, 2.24) is 9.78 Å². The third-order valence-electron chi connectivity index (χ3n) is 1.86. The van der Waals surface area contributed by atoms with Crippen molar-refractivity contribution in [1.29, 1.82) is 0 Å². The first-order chi connectivity index (χ1) is 6.68. The highest BCUT2D eigenvalue weighted by Crippen LogP contribution is 2.16. The number of aryl methyl sites for hydroxylation is 1. The van der Waals surface area contributed by atoms with Crippen molar-refractivity contribution in [2.45, 2.75) is 0 Å². The van der Waals surface area contributed by atoms with E-state index in [4.69, 9.17) is 10.2 Å². The summed E-state index contributed by atoms with van der Waals surface area (Å²) in [6.07, 6.45) is 1.54. The van der Waals surface area contributed by atoms with Crippen LogP contribution in [-0.2, 0) is 7.05 Å². The highest BCUT2D eigenvalue weighted by molar-refractivity contribution is 5.56. The highest BCUT2D eigenvalue weighted by Gasteiger charge is 2.06. The van der Waals surface area contributed by atoms with Crippen molar-refractivity contribution in [3.63, 3.8) is 0 Å². The Balaban J connectivity index is 2.63. The number of hydrogen-bond acceptors (Lipinski definition) is 4. The van der Waals surface area contributed by atoms with Gasteiger partial charge in [-0.05, 0) is 18.2 Å². The molecule has 0 saturated carbocycles. The Kier molecular flexibility index (Phi) is 1.85. The second kappa shape index (κ2) is 3.02. The molecular weight excluding hydrogens is 182 g/mol. The quantitative estimate of drug-likeness (QED) is 0.717. The van der Waals surface area contributed by atoms with E-state index >= 15 is 0 Å². The van der Waals surface area contributed by atoms with Gasteiger partial charge < -0.3 is 10.2 Å². The Hall–Kier alpha value is -2.04. The topological polar surface area (TPSA) is 74.1 Å². The van der Waals surface area contributed by atoms with Crippen molar-refractivity contribution in [3.8, 4) is 11.5 Å². The summed E-state index contributed by atoms with van der Waals surface area (Å²) < 4.78 is 6.32. The fraction of sp³-hybridized carbons (Fsp3) is 0.111. The molecule has 0 unspecified atom stereocenters. The molecule has 0 fully saturated rings. The number of nitrogen functional groups attached to an aromatic ring is 1. The van der Waals surface area contributed by atoms with Crippen molar-refractivity contribution in [2.24, 2.45) is 7.05 Å². The molecule has 2 rings (SSSR count). The normalized spacial score (nSPS) is 10.4. The summed E-state index contributed by atoms with van der Waals surface area (Å²) in [5.41, 5.74) is 5.92. The van der Waals surface area contributed by atoms with Crippen LogP contribution in [0.15, 0.2) is 33.7 Å². The summed E-state index contributed by atoms with van der Waals surface area (Å²) in [4.78, 5) is 11.2. The minimum absolute atomic E-state index is 0.161. The van der Waals surface area contributed by atoms with Gasteiger partial charge in [-0.2, -0.15) is 5.10 Å². The van der Waals surface area contributed by atoms with E-state index in [1.165, 1.54) is 17.0 Å². The summed E-state index contributed by atoms with van der Waals surface area (Å²) in [6.45, 7) is 0. The van der Waals surface area contributed by atoms with Crippen LogP contribution >= 0.6 is 0 Å². The number of furan rings is 1. The van der Waals surface area contributed by atoms with Crippen LogP contribution in [0.2, 0.25) is 0 Å². The van der Waals surface area contributed by atoms with Gasteiger partial charge in [-0.25, -0.2) is 4.68 Å². The van der Waals surface area contributed by atoms with Crippen LogP contribution in [0.4, 0.5) is 5.69 Å². The van der Waals surface area contributed by atoms with E-state index in [9.17, 15) is 4.79 Å².